The molecule has 1 saturated carbocycles. The lowest BCUT2D eigenvalue weighted by molar-refractivity contribution is -0.115. The van der Waals surface area contributed by atoms with Crippen molar-refractivity contribution in [2.45, 2.75) is 51.4 Å². The number of carbonyl (C=O) groups excluding carboxylic acids is 1. The van der Waals surface area contributed by atoms with E-state index in [2.05, 4.69) is 26.2 Å². The molecule has 3 aromatic rings. The third-order valence-corrected chi connectivity index (χ3v) is 6.49. The lowest BCUT2D eigenvalue weighted by atomic mass is 9.86. The summed E-state index contributed by atoms with van der Waals surface area (Å²) in [6, 6.07) is 17.9. The number of amides is 1. The monoisotopic (exact) mass is 477 g/mol. The predicted molar refractivity (Wildman–Crippen MR) is 129 cm³/mol. The molecule has 1 aromatic heterocycles. The first-order valence-electron chi connectivity index (χ1n) is 11.1. The van der Waals surface area contributed by atoms with Crippen LogP contribution in [0.15, 0.2) is 65.3 Å². The molecule has 1 aliphatic rings. The van der Waals surface area contributed by atoms with Crippen molar-refractivity contribution in [2.75, 3.05) is 5.32 Å². The molecular weight excluding hydrogens is 450 g/mol. The Morgan fingerprint density at radius 2 is 1.74 bits per heavy atom. The number of halogens is 1. The van der Waals surface area contributed by atoms with Gasteiger partial charge in [0.1, 0.15) is 0 Å². The highest BCUT2D eigenvalue weighted by Gasteiger charge is 2.17. The second-order valence-corrected chi connectivity index (χ2v) is 9.23. The van der Waals surface area contributed by atoms with Gasteiger partial charge in [-0.1, -0.05) is 90.5 Å². The zero-order valence-corrected chi connectivity index (χ0v) is 19.3. The summed E-state index contributed by atoms with van der Waals surface area (Å²) in [4.78, 5) is 22.2. The fraction of sp³-hybridized carbons (Fsp3) is 0.346. The zero-order valence-electron chi connectivity index (χ0n) is 17.7. The highest BCUT2D eigenvalue weighted by molar-refractivity contribution is 9.10. The van der Waals surface area contributed by atoms with Gasteiger partial charge in [0.2, 0.25) is 5.91 Å². The van der Waals surface area contributed by atoms with Crippen molar-refractivity contribution >= 4 is 27.7 Å². The maximum absolute atomic E-state index is 12.7. The van der Waals surface area contributed by atoms with E-state index in [1.54, 1.807) is 6.20 Å². The van der Waals surface area contributed by atoms with Crippen molar-refractivity contribution < 1.29 is 4.79 Å². The fourth-order valence-electron chi connectivity index (χ4n) is 4.23. The quantitative estimate of drug-likeness (QED) is 0.416. The molecule has 31 heavy (non-hydrogen) atoms. The van der Waals surface area contributed by atoms with Crippen LogP contribution >= 0.6 is 15.9 Å². The third kappa shape index (κ3) is 6.23. The van der Waals surface area contributed by atoms with Gasteiger partial charge in [-0.15, -0.1) is 0 Å². The molecule has 0 aliphatic heterocycles. The zero-order chi connectivity index (χ0) is 21.5. The summed E-state index contributed by atoms with van der Waals surface area (Å²) in [5, 5.41) is 3.02. The van der Waals surface area contributed by atoms with Crippen LogP contribution in [-0.2, 0) is 17.6 Å². The SMILES string of the molecule is O=C(Cc1ccc(Br)cc1)Nc1ncc(-c2ccccc2)nc1CCC1CCCCC1. The van der Waals surface area contributed by atoms with Crippen LogP contribution in [0.1, 0.15) is 49.8 Å². The maximum atomic E-state index is 12.7. The molecule has 2 aromatic carbocycles. The van der Waals surface area contributed by atoms with Crippen LogP contribution in [0, 0.1) is 5.92 Å². The van der Waals surface area contributed by atoms with Gasteiger partial charge in [0, 0.05) is 10.0 Å². The molecule has 1 fully saturated rings. The van der Waals surface area contributed by atoms with Gasteiger partial charge in [-0.25, -0.2) is 9.97 Å². The van der Waals surface area contributed by atoms with Crippen LogP contribution in [0.2, 0.25) is 0 Å². The minimum Gasteiger partial charge on any atom is -0.309 e. The summed E-state index contributed by atoms with van der Waals surface area (Å²) in [6.07, 6.45) is 10.6. The number of hydrogen-bond acceptors (Lipinski definition) is 3. The standard InChI is InChI=1S/C26H28BrN3O/c27-22-14-11-20(12-15-22)17-25(31)30-26-23(16-13-19-7-3-1-4-8-19)29-24(18-28-26)21-9-5-2-6-10-21/h2,5-6,9-12,14-15,18-19H,1,3-4,7-8,13,16-17H2,(H,28,30,31). The first kappa shape index (κ1) is 21.7. The Labute approximate surface area is 192 Å². The second-order valence-electron chi connectivity index (χ2n) is 8.31. The van der Waals surface area contributed by atoms with E-state index in [0.29, 0.717) is 12.2 Å². The minimum absolute atomic E-state index is 0.0667. The highest BCUT2D eigenvalue weighted by atomic mass is 79.9. The van der Waals surface area contributed by atoms with Gasteiger partial charge < -0.3 is 5.32 Å². The summed E-state index contributed by atoms with van der Waals surface area (Å²) >= 11 is 3.43. The Morgan fingerprint density at radius 3 is 2.48 bits per heavy atom. The first-order chi connectivity index (χ1) is 15.2. The average molecular weight is 478 g/mol. The Bertz CT molecular complexity index is 999. The van der Waals surface area contributed by atoms with Gasteiger partial charge in [0.15, 0.2) is 5.82 Å². The van der Waals surface area contributed by atoms with Crippen LogP contribution in [0.5, 0.6) is 0 Å². The van der Waals surface area contributed by atoms with Crippen molar-refractivity contribution in [1.82, 2.24) is 9.97 Å². The van der Waals surface area contributed by atoms with Gasteiger partial charge >= 0.3 is 0 Å². The van der Waals surface area contributed by atoms with Crippen molar-refractivity contribution in [3.8, 4) is 11.3 Å². The topological polar surface area (TPSA) is 54.9 Å². The molecule has 4 nitrogen and oxygen atoms in total. The summed E-state index contributed by atoms with van der Waals surface area (Å²) in [5.74, 6) is 1.28. The summed E-state index contributed by atoms with van der Waals surface area (Å²) in [5.41, 5.74) is 3.75. The molecule has 4 rings (SSSR count). The number of nitrogens with zero attached hydrogens (tertiary/aromatic N) is 2. The predicted octanol–water partition coefficient (Wildman–Crippen LogP) is 6.60. The lowest BCUT2D eigenvalue weighted by Crippen LogP contribution is -2.18. The number of benzene rings is 2. The van der Waals surface area contributed by atoms with Gasteiger partial charge in [0.25, 0.3) is 0 Å². The second kappa shape index (κ2) is 10.7. The van der Waals surface area contributed by atoms with E-state index in [-0.39, 0.29) is 5.91 Å². The molecular formula is C26H28BrN3O. The van der Waals surface area contributed by atoms with Crippen LogP contribution in [0.4, 0.5) is 5.82 Å². The van der Waals surface area contributed by atoms with Gasteiger partial charge in [-0.2, -0.15) is 0 Å². The van der Waals surface area contributed by atoms with E-state index in [1.807, 2.05) is 54.6 Å². The first-order valence-corrected chi connectivity index (χ1v) is 11.9. The Hall–Kier alpha value is -2.53. The summed E-state index contributed by atoms with van der Waals surface area (Å²) in [7, 11) is 0. The van der Waals surface area contributed by atoms with E-state index in [9.17, 15) is 4.79 Å². The van der Waals surface area contributed by atoms with Gasteiger partial charge in [-0.05, 0) is 36.5 Å². The molecule has 0 saturated heterocycles. The van der Waals surface area contributed by atoms with Crippen LogP contribution in [0.25, 0.3) is 11.3 Å². The normalized spacial score (nSPS) is 14.4. The molecule has 160 valence electrons. The largest absolute Gasteiger partial charge is 0.309 e. The highest BCUT2D eigenvalue weighted by Crippen LogP contribution is 2.29. The molecule has 1 amide bonds. The van der Waals surface area contributed by atoms with E-state index in [0.717, 1.165) is 45.7 Å². The molecule has 1 N–H and O–H groups in total. The fourth-order valence-corrected chi connectivity index (χ4v) is 4.50. The number of anilines is 1. The van der Waals surface area contributed by atoms with Gasteiger partial charge in [0.05, 0.1) is 24.0 Å². The van der Waals surface area contributed by atoms with E-state index in [4.69, 9.17) is 4.98 Å². The van der Waals surface area contributed by atoms with E-state index >= 15 is 0 Å². The molecule has 0 radical (unpaired) electrons. The third-order valence-electron chi connectivity index (χ3n) is 5.96. The summed E-state index contributed by atoms with van der Waals surface area (Å²) in [6.45, 7) is 0. The molecule has 1 heterocycles. The van der Waals surface area contributed by atoms with Gasteiger partial charge in [-0.3, -0.25) is 4.79 Å². The van der Waals surface area contributed by atoms with Crippen molar-refractivity contribution in [3.63, 3.8) is 0 Å². The lowest BCUT2D eigenvalue weighted by Gasteiger charge is -2.21. The number of hydrogen-bond donors (Lipinski definition) is 1. The van der Waals surface area contributed by atoms with Crippen LogP contribution < -0.4 is 5.32 Å². The van der Waals surface area contributed by atoms with Crippen molar-refractivity contribution in [1.29, 1.82) is 0 Å². The number of nitrogens with one attached hydrogen (secondary N) is 1. The van der Waals surface area contributed by atoms with E-state index < -0.39 is 0 Å². The molecule has 0 bridgehead atoms. The average Bonchev–Trinajstić information content (AvgIpc) is 2.81. The molecule has 1 aliphatic carbocycles. The minimum atomic E-state index is -0.0667. The Kier molecular flexibility index (Phi) is 7.47. The number of aromatic nitrogens is 2. The van der Waals surface area contributed by atoms with E-state index in [1.165, 1.54) is 32.1 Å². The van der Waals surface area contributed by atoms with Crippen LogP contribution in [0.3, 0.4) is 0 Å². The maximum Gasteiger partial charge on any atom is 0.229 e. The van der Waals surface area contributed by atoms with Crippen molar-refractivity contribution in [2.24, 2.45) is 5.92 Å². The molecule has 0 unspecified atom stereocenters. The Morgan fingerprint density at radius 1 is 1.00 bits per heavy atom. The smallest absolute Gasteiger partial charge is 0.229 e. The molecule has 5 heteroatoms. The van der Waals surface area contributed by atoms with Crippen molar-refractivity contribution in [3.05, 3.63) is 76.5 Å². The van der Waals surface area contributed by atoms with Crippen LogP contribution in [-0.4, -0.2) is 15.9 Å². The number of rotatable bonds is 7. The number of carbonyl (C=O) groups is 1. The number of aryl methyl sites for hydroxylation is 1. The molecule has 0 spiro atoms. The molecule has 0 atom stereocenters. The summed E-state index contributed by atoms with van der Waals surface area (Å²) < 4.78 is 1.00. The Balaban J connectivity index is 1.51.